The summed E-state index contributed by atoms with van der Waals surface area (Å²) in [6, 6.07) is 6.44. The number of rotatable bonds is 2. The fourth-order valence-electron chi connectivity index (χ4n) is 4.05. The monoisotopic (exact) mass is 326 g/mol. The van der Waals surface area contributed by atoms with Crippen molar-refractivity contribution in [2.45, 2.75) is 25.8 Å². The molecule has 2 saturated heterocycles. The zero-order chi connectivity index (χ0) is 16.7. The highest BCUT2D eigenvalue weighted by Crippen LogP contribution is 2.31. The van der Waals surface area contributed by atoms with Crippen LogP contribution in [0.1, 0.15) is 18.9 Å². The van der Waals surface area contributed by atoms with E-state index < -0.39 is 0 Å². The van der Waals surface area contributed by atoms with Gasteiger partial charge >= 0.3 is 0 Å². The summed E-state index contributed by atoms with van der Waals surface area (Å²) in [5, 5.41) is 2.32. The van der Waals surface area contributed by atoms with Crippen molar-refractivity contribution in [1.82, 2.24) is 9.88 Å². The quantitative estimate of drug-likeness (QED) is 0.918. The van der Waals surface area contributed by atoms with Gasteiger partial charge in [-0.25, -0.2) is 4.98 Å². The Balaban J connectivity index is 1.55. The Bertz CT molecular complexity index is 746. The second-order valence-corrected chi connectivity index (χ2v) is 7.37. The summed E-state index contributed by atoms with van der Waals surface area (Å²) < 4.78 is 5.63. The SMILES string of the molecule is Cc1cc2cnc(N)cc2cc1N1CCN(C2(C)CCOC2)CC1. The van der Waals surface area contributed by atoms with E-state index in [1.165, 1.54) is 16.6 Å². The number of ether oxygens (including phenoxy) is 1. The van der Waals surface area contributed by atoms with Crippen LogP contribution in [-0.2, 0) is 4.74 Å². The number of hydrogen-bond donors (Lipinski definition) is 1. The number of anilines is 2. The summed E-state index contributed by atoms with van der Waals surface area (Å²) in [5.41, 5.74) is 8.70. The van der Waals surface area contributed by atoms with Crippen LogP contribution in [0, 0.1) is 6.92 Å². The molecule has 4 rings (SSSR count). The van der Waals surface area contributed by atoms with Crippen molar-refractivity contribution >= 4 is 22.3 Å². The van der Waals surface area contributed by atoms with Gasteiger partial charge in [0, 0.05) is 55.6 Å². The number of fused-ring (bicyclic) bond motifs is 1. The molecule has 1 aromatic heterocycles. The van der Waals surface area contributed by atoms with Crippen LogP contribution in [0.5, 0.6) is 0 Å². The summed E-state index contributed by atoms with van der Waals surface area (Å²) in [6.07, 6.45) is 3.01. The lowest BCUT2D eigenvalue weighted by atomic mass is 9.97. The van der Waals surface area contributed by atoms with Crippen molar-refractivity contribution in [2.75, 3.05) is 50.0 Å². The Morgan fingerprint density at radius 3 is 2.62 bits per heavy atom. The minimum atomic E-state index is 0.227. The maximum atomic E-state index is 5.85. The summed E-state index contributed by atoms with van der Waals surface area (Å²) in [4.78, 5) is 9.30. The lowest BCUT2D eigenvalue weighted by Gasteiger charge is -2.44. The highest BCUT2D eigenvalue weighted by atomic mass is 16.5. The van der Waals surface area contributed by atoms with Gasteiger partial charge in [-0.15, -0.1) is 0 Å². The van der Waals surface area contributed by atoms with E-state index in [9.17, 15) is 0 Å². The number of nitrogens with two attached hydrogens (primary N) is 1. The van der Waals surface area contributed by atoms with Gasteiger partial charge in [-0.1, -0.05) is 0 Å². The number of aromatic nitrogens is 1. The predicted octanol–water partition coefficient (Wildman–Crippen LogP) is 2.43. The smallest absolute Gasteiger partial charge is 0.123 e. The standard InChI is InChI=1S/C19H26N4O/c1-14-9-16-12-21-18(20)11-15(16)10-17(14)22-4-6-23(7-5-22)19(2)3-8-24-13-19/h9-12H,3-8,13H2,1-2H3,(H2,20,21). The zero-order valence-electron chi connectivity index (χ0n) is 14.6. The Labute approximate surface area is 143 Å². The molecule has 0 aliphatic carbocycles. The fraction of sp³-hybridized carbons (Fsp3) is 0.526. The molecular weight excluding hydrogens is 300 g/mol. The molecule has 1 aromatic carbocycles. The molecular formula is C19H26N4O. The van der Waals surface area contributed by atoms with Gasteiger partial charge in [0.15, 0.2) is 0 Å². The van der Waals surface area contributed by atoms with Gasteiger partial charge in [0.25, 0.3) is 0 Å². The molecule has 1 unspecified atom stereocenters. The number of piperazine rings is 1. The molecule has 5 heteroatoms. The lowest BCUT2D eigenvalue weighted by Crippen LogP contribution is -2.56. The summed E-state index contributed by atoms with van der Waals surface area (Å²) >= 11 is 0. The highest BCUT2D eigenvalue weighted by Gasteiger charge is 2.37. The zero-order valence-corrected chi connectivity index (χ0v) is 14.6. The molecule has 2 fully saturated rings. The van der Waals surface area contributed by atoms with Crippen molar-refractivity contribution in [3.63, 3.8) is 0 Å². The molecule has 0 saturated carbocycles. The molecule has 0 spiro atoms. The van der Waals surface area contributed by atoms with Gasteiger partial charge in [-0.3, -0.25) is 4.90 Å². The van der Waals surface area contributed by atoms with Gasteiger partial charge in [0.05, 0.1) is 6.61 Å². The van der Waals surface area contributed by atoms with Crippen LogP contribution in [-0.4, -0.2) is 54.8 Å². The molecule has 24 heavy (non-hydrogen) atoms. The summed E-state index contributed by atoms with van der Waals surface area (Å²) in [7, 11) is 0. The Kier molecular flexibility index (Phi) is 3.85. The van der Waals surface area contributed by atoms with E-state index in [0.29, 0.717) is 5.82 Å². The number of aryl methyl sites for hydroxylation is 1. The number of hydrogen-bond acceptors (Lipinski definition) is 5. The van der Waals surface area contributed by atoms with E-state index in [0.717, 1.165) is 51.2 Å². The van der Waals surface area contributed by atoms with Crippen molar-refractivity contribution in [3.05, 3.63) is 30.0 Å². The minimum Gasteiger partial charge on any atom is -0.384 e. The van der Waals surface area contributed by atoms with Crippen LogP contribution in [0.25, 0.3) is 10.8 Å². The minimum absolute atomic E-state index is 0.227. The third-order valence-corrected chi connectivity index (χ3v) is 5.64. The molecule has 128 valence electrons. The Hall–Kier alpha value is -1.85. The van der Waals surface area contributed by atoms with E-state index in [-0.39, 0.29) is 5.54 Å². The van der Waals surface area contributed by atoms with Crippen LogP contribution in [0.3, 0.4) is 0 Å². The largest absolute Gasteiger partial charge is 0.384 e. The van der Waals surface area contributed by atoms with Gasteiger partial charge in [0.2, 0.25) is 0 Å². The number of nitrogen functional groups attached to an aromatic ring is 1. The first-order chi connectivity index (χ1) is 11.5. The van der Waals surface area contributed by atoms with Crippen molar-refractivity contribution in [3.8, 4) is 0 Å². The maximum absolute atomic E-state index is 5.85. The van der Waals surface area contributed by atoms with E-state index in [1.807, 2.05) is 12.3 Å². The molecule has 5 nitrogen and oxygen atoms in total. The Morgan fingerprint density at radius 2 is 1.92 bits per heavy atom. The molecule has 3 heterocycles. The number of nitrogens with zero attached hydrogens (tertiary/aromatic N) is 3. The second-order valence-electron chi connectivity index (χ2n) is 7.37. The molecule has 1 atom stereocenters. The number of pyridine rings is 1. The van der Waals surface area contributed by atoms with Gasteiger partial charge in [-0.05, 0) is 49.4 Å². The first-order valence-corrected chi connectivity index (χ1v) is 8.79. The molecule has 0 bridgehead atoms. The first-order valence-electron chi connectivity index (χ1n) is 8.79. The molecule has 0 amide bonds. The molecule has 2 aromatic rings. The van der Waals surface area contributed by atoms with Gasteiger partial charge < -0.3 is 15.4 Å². The van der Waals surface area contributed by atoms with Crippen LogP contribution in [0.4, 0.5) is 11.5 Å². The van der Waals surface area contributed by atoms with Crippen molar-refractivity contribution in [2.24, 2.45) is 0 Å². The van der Waals surface area contributed by atoms with E-state index in [2.05, 4.69) is 40.8 Å². The first kappa shape index (κ1) is 15.7. The second kappa shape index (κ2) is 5.90. The van der Waals surface area contributed by atoms with Crippen LogP contribution >= 0.6 is 0 Å². The molecule has 2 aliphatic heterocycles. The normalized spacial score (nSPS) is 25.5. The highest BCUT2D eigenvalue weighted by molar-refractivity contribution is 5.88. The summed E-state index contributed by atoms with van der Waals surface area (Å²) in [6.45, 7) is 10.6. The van der Waals surface area contributed by atoms with Gasteiger partial charge in [-0.2, -0.15) is 0 Å². The van der Waals surface area contributed by atoms with Gasteiger partial charge in [0.1, 0.15) is 5.82 Å². The molecule has 0 radical (unpaired) electrons. The average molecular weight is 326 g/mol. The fourth-order valence-corrected chi connectivity index (χ4v) is 4.05. The van der Waals surface area contributed by atoms with Crippen molar-refractivity contribution in [1.29, 1.82) is 0 Å². The van der Waals surface area contributed by atoms with E-state index in [1.54, 1.807) is 0 Å². The molecule has 2 aliphatic rings. The topological polar surface area (TPSA) is 54.6 Å². The van der Waals surface area contributed by atoms with Crippen molar-refractivity contribution < 1.29 is 4.74 Å². The van der Waals surface area contributed by atoms with Crippen LogP contribution in [0.15, 0.2) is 24.4 Å². The third-order valence-electron chi connectivity index (χ3n) is 5.64. The van der Waals surface area contributed by atoms with Crippen LogP contribution in [0.2, 0.25) is 0 Å². The third kappa shape index (κ3) is 2.72. The summed E-state index contributed by atoms with van der Waals surface area (Å²) in [5.74, 6) is 0.580. The number of benzene rings is 1. The molecule has 2 N–H and O–H groups in total. The maximum Gasteiger partial charge on any atom is 0.123 e. The van der Waals surface area contributed by atoms with E-state index in [4.69, 9.17) is 10.5 Å². The van der Waals surface area contributed by atoms with E-state index >= 15 is 0 Å². The average Bonchev–Trinajstić information content (AvgIpc) is 3.03. The van der Waals surface area contributed by atoms with Crippen LogP contribution < -0.4 is 10.6 Å². The Morgan fingerprint density at radius 1 is 1.12 bits per heavy atom. The lowest BCUT2D eigenvalue weighted by molar-refractivity contribution is 0.0745. The predicted molar refractivity (Wildman–Crippen MR) is 98.5 cm³/mol.